The molecule has 23 heavy (non-hydrogen) atoms. The lowest BCUT2D eigenvalue weighted by Crippen LogP contribution is -2.51. The monoisotopic (exact) mass is 349 g/mol. The van der Waals surface area contributed by atoms with E-state index in [-0.39, 0.29) is 12.1 Å². The molecular formula is C14H20ClNO7. The minimum atomic E-state index is -1.17. The Morgan fingerprint density at radius 3 is 2.61 bits per heavy atom. The Kier molecular flexibility index (Phi) is 7.66. The van der Waals surface area contributed by atoms with Crippen molar-refractivity contribution >= 4 is 17.3 Å². The maximum absolute atomic E-state index is 10.7. The molecule has 1 heterocycles. The lowest BCUT2D eigenvalue weighted by Gasteiger charge is -2.36. The van der Waals surface area contributed by atoms with Crippen molar-refractivity contribution in [3.8, 4) is 5.75 Å². The van der Waals surface area contributed by atoms with E-state index < -0.39 is 36.1 Å². The van der Waals surface area contributed by atoms with E-state index in [0.29, 0.717) is 11.3 Å². The minimum absolute atomic E-state index is 0.0358. The Labute approximate surface area is 138 Å². The summed E-state index contributed by atoms with van der Waals surface area (Å²) in [5.41, 5.74) is 0.502. The van der Waals surface area contributed by atoms with E-state index in [0.717, 1.165) is 0 Å². The van der Waals surface area contributed by atoms with Crippen molar-refractivity contribution in [3.63, 3.8) is 0 Å². The zero-order valence-corrected chi connectivity index (χ0v) is 13.5. The molecule has 1 unspecified atom stereocenters. The summed E-state index contributed by atoms with van der Waals surface area (Å²) < 4.78 is 10.9. The van der Waals surface area contributed by atoms with Gasteiger partial charge in [0.05, 0.1) is 17.6 Å². The molecule has 0 aliphatic carbocycles. The van der Waals surface area contributed by atoms with Crippen LogP contribution in [0.4, 0.5) is 5.69 Å². The van der Waals surface area contributed by atoms with Crippen molar-refractivity contribution in [1.29, 1.82) is 0 Å². The van der Waals surface area contributed by atoms with Gasteiger partial charge < -0.3 is 24.8 Å². The van der Waals surface area contributed by atoms with E-state index in [1.807, 2.05) is 0 Å². The number of hydrogen-bond donors (Lipinski definition) is 3. The molecule has 4 atom stereocenters. The van der Waals surface area contributed by atoms with Gasteiger partial charge in [-0.15, -0.1) is 11.6 Å². The summed E-state index contributed by atoms with van der Waals surface area (Å²) in [6.07, 6.45) is -2.52. The van der Waals surface area contributed by atoms with Crippen LogP contribution in [0.2, 0.25) is 0 Å². The quantitative estimate of drug-likeness (QED) is 0.420. The van der Waals surface area contributed by atoms with E-state index in [2.05, 4.69) is 11.6 Å². The maximum Gasteiger partial charge on any atom is 0.269 e. The second-order valence-electron chi connectivity index (χ2n) is 4.91. The molecule has 0 radical (unpaired) electrons. The van der Waals surface area contributed by atoms with Crippen LogP contribution in [0, 0.1) is 17.0 Å². The van der Waals surface area contributed by atoms with Crippen molar-refractivity contribution < 1.29 is 29.7 Å². The standard InChI is InChI=1S/C13H17NO7.CH3Cl/c1-7-4-8(14(18)19)2-3-10(7)20-12-5-9(16)13(17)11(6-15)21-12;1-2/h2-4,9,11-13,15-17H,5-6H2,1H3;1H3/t9-,11?,12-,13+;/m1./s1. The first-order valence-corrected chi connectivity index (χ1v) is 7.60. The first kappa shape index (κ1) is 19.6. The summed E-state index contributed by atoms with van der Waals surface area (Å²) in [4.78, 5) is 10.2. The Morgan fingerprint density at radius 2 is 2.09 bits per heavy atom. The van der Waals surface area contributed by atoms with Crippen molar-refractivity contribution in [2.45, 2.75) is 37.9 Å². The van der Waals surface area contributed by atoms with E-state index >= 15 is 0 Å². The molecule has 1 aromatic rings. The smallest absolute Gasteiger partial charge is 0.269 e. The van der Waals surface area contributed by atoms with Crippen LogP contribution in [0.1, 0.15) is 12.0 Å². The summed E-state index contributed by atoms with van der Waals surface area (Å²) >= 11 is 4.64. The molecule has 1 aliphatic heterocycles. The van der Waals surface area contributed by atoms with E-state index in [1.54, 1.807) is 6.92 Å². The van der Waals surface area contributed by atoms with Crippen molar-refractivity contribution in [1.82, 2.24) is 0 Å². The average Bonchev–Trinajstić information content (AvgIpc) is 2.54. The lowest BCUT2D eigenvalue weighted by molar-refractivity contribution is -0.384. The number of nitro benzene ring substituents is 1. The van der Waals surface area contributed by atoms with Crippen molar-refractivity contribution in [2.24, 2.45) is 0 Å². The third-order valence-electron chi connectivity index (χ3n) is 3.34. The molecule has 0 aromatic heterocycles. The van der Waals surface area contributed by atoms with Crippen LogP contribution in [-0.4, -0.2) is 57.8 Å². The Hall–Kier alpha value is -1.45. The van der Waals surface area contributed by atoms with E-state index in [9.17, 15) is 20.3 Å². The summed E-state index contributed by atoms with van der Waals surface area (Å²) in [6.45, 7) is 1.21. The topological polar surface area (TPSA) is 122 Å². The molecule has 3 N–H and O–H groups in total. The fourth-order valence-electron chi connectivity index (χ4n) is 2.16. The van der Waals surface area contributed by atoms with Gasteiger partial charge in [-0.1, -0.05) is 0 Å². The van der Waals surface area contributed by atoms with Gasteiger partial charge in [-0.3, -0.25) is 10.1 Å². The zero-order valence-electron chi connectivity index (χ0n) is 12.8. The number of ether oxygens (including phenoxy) is 2. The second-order valence-corrected chi connectivity index (χ2v) is 4.91. The number of halogens is 1. The maximum atomic E-state index is 10.7. The van der Waals surface area contributed by atoms with Crippen LogP contribution in [0.25, 0.3) is 0 Å². The van der Waals surface area contributed by atoms with Crippen molar-refractivity contribution in [2.75, 3.05) is 13.0 Å². The third-order valence-corrected chi connectivity index (χ3v) is 3.34. The highest BCUT2D eigenvalue weighted by Crippen LogP contribution is 2.28. The van der Waals surface area contributed by atoms with E-state index in [4.69, 9.17) is 14.6 Å². The number of non-ortho nitro benzene ring substituents is 1. The highest BCUT2D eigenvalue weighted by atomic mass is 35.5. The summed E-state index contributed by atoms with van der Waals surface area (Å²) in [5, 5.41) is 39.1. The summed E-state index contributed by atoms with van der Waals surface area (Å²) in [6, 6.07) is 4.12. The number of alkyl halides is 1. The Morgan fingerprint density at radius 1 is 1.43 bits per heavy atom. The number of hydrogen-bond acceptors (Lipinski definition) is 7. The predicted molar refractivity (Wildman–Crippen MR) is 82.6 cm³/mol. The Balaban J connectivity index is 0.00000127. The van der Waals surface area contributed by atoms with Gasteiger partial charge in [0.1, 0.15) is 18.0 Å². The molecule has 1 aliphatic rings. The van der Waals surface area contributed by atoms with Crippen molar-refractivity contribution in [3.05, 3.63) is 33.9 Å². The predicted octanol–water partition coefficient (Wildman–Crippen LogP) is 0.966. The molecule has 0 spiro atoms. The first-order chi connectivity index (χ1) is 10.9. The number of nitro groups is 1. The number of benzene rings is 1. The molecule has 8 nitrogen and oxygen atoms in total. The lowest BCUT2D eigenvalue weighted by atomic mass is 10.0. The first-order valence-electron chi connectivity index (χ1n) is 6.84. The fraction of sp³-hybridized carbons (Fsp3) is 0.571. The van der Waals surface area contributed by atoms with Gasteiger partial charge in [0, 0.05) is 24.9 Å². The average molecular weight is 350 g/mol. The summed E-state index contributed by atoms with van der Waals surface area (Å²) in [5.74, 6) is 0.380. The van der Waals surface area contributed by atoms with Crippen LogP contribution >= 0.6 is 11.6 Å². The number of aliphatic hydroxyl groups is 3. The fourth-order valence-corrected chi connectivity index (χ4v) is 2.16. The largest absolute Gasteiger partial charge is 0.465 e. The van der Waals surface area contributed by atoms with Crippen LogP contribution in [0.5, 0.6) is 5.75 Å². The molecule has 0 saturated carbocycles. The molecule has 1 saturated heterocycles. The van der Waals surface area contributed by atoms with Gasteiger partial charge in [-0.05, 0) is 18.6 Å². The number of rotatable bonds is 4. The number of aliphatic hydroxyl groups excluding tert-OH is 3. The van der Waals surface area contributed by atoms with Gasteiger partial charge in [0.15, 0.2) is 0 Å². The normalized spacial score (nSPS) is 26.9. The Bertz CT molecular complexity index is 528. The van der Waals surface area contributed by atoms with Gasteiger partial charge in [0.25, 0.3) is 5.69 Å². The third kappa shape index (κ3) is 5.02. The van der Waals surface area contributed by atoms with E-state index in [1.165, 1.54) is 24.6 Å². The molecule has 0 bridgehead atoms. The number of aryl methyl sites for hydroxylation is 1. The molecular weight excluding hydrogens is 330 g/mol. The number of nitrogens with zero attached hydrogens (tertiary/aromatic N) is 1. The van der Waals surface area contributed by atoms with Crippen LogP contribution in [-0.2, 0) is 4.74 Å². The molecule has 2 rings (SSSR count). The van der Waals surface area contributed by atoms with Gasteiger partial charge in [-0.2, -0.15) is 0 Å². The van der Waals surface area contributed by atoms with Gasteiger partial charge in [-0.25, -0.2) is 0 Å². The summed E-state index contributed by atoms with van der Waals surface area (Å²) in [7, 11) is 0. The van der Waals surface area contributed by atoms with Crippen LogP contribution in [0.3, 0.4) is 0 Å². The highest BCUT2D eigenvalue weighted by Gasteiger charge is 2.37. The molecule has 1 fully saturated rings. The van der Waals surface area contributed by atoms with Gasteiger partial charge in [0.2, 0.25) is 6.29 Å². The SMILES string of the molecule is CCl.Cc1cc([N+](=O)[O-])ccc1O[C@H]1C[C@@H](O)[C@H](O)C(CO)O1. The molecule has 1 aromatic carbocycles. The van der Waals surface area contributed by atoms with Gasteiger partial charge >= 0.3 is 0 Å². The van der Waals surface area contributed by atoms with Crippen LogP contribution in [0.15, 0.2) is 18.2 Å². The molecule has 0 amide bonds. The molecule has 130 valence electrons. The zero-order chi connectivity index (χ0) is 17.6. The minimum Gasteiger partial charge on any atom is -0.465 e. The second kappa shape index (κ2) is 8.99. The van der Waals surface area contributed by atoms with Crippen LogP contribution < -0.4 is 4.74 Å². The highest BCUT2D eigenvalue weighted by molar-refractivity contribution is 6.15. The molecule has 9 heteroatoms.